The molecule has 3 N–H and O–H groups in total. The number of anilines is 1. The quantitative estimate of drug-likeness (QED) is 0.786. The predicted octanol–water partition coefficient (Wildman–Crippen LogP) is 0.633. The molecule has 1 unspecified atom stereocenters. The summed E-state index contributed by atoms with van der Waals surface area (Å²) < 4.78 is 0. The van der Waals surface area contributed by atoms with E-state index in [4.69, 9.17) is 5.73 Å². The number of amides is 3. The number of fused-ring (bicyclic) bond motifs is 1. The van der Waals surface area contributed by atoms with Crippen molar-refractivity contribution < 1.29 is 9.59 Å². The summed E-state index contributed by atoms with van der Waals surface area (Å²) in [5.41, 5.74) is 7.09. The number of benzene rings is 1. The van der Waals surface area contributed by atoms with Gasteiger partial charge in [0.25, 0.3) is 0 Å². The molecule has 1 atom stereocenters. The van der Waals surface area contributed by atoms with Crippen LogP contribution in [0.3, 0.4) is 0 Å². The molecule has 0 fully saturated rings. The molecule has 90 valence electrons. The van der Waals surface area contributed by atoms with Gasteiger partial charge in [-0.1, -0.05) is 18.2 Å². The lowest BCUT2D eigenvalue weighted by Crippen LogP contribution is -2.48. The molecule has 2 rings (SSSR count). The fourth-order valence-corrected chi connectivity index (χ4v) is 2.08. The molecule has 1 aromatic rings. The van der Waals surface area contributed by atoms with E-state index in [9.17, 15) is 9.59 Å². The van der Waals surface area contributed by atoms with Crippen LogP contribution in [0.2, 0.25) is 0 Å². The third-order valence-corrected chi connectivity index (χ3v) is 2.88. The zero-order valence-electron chi connectivity index (χ0n) is 9.64. The Bertz CT molecular complexity index is 459. The van der Waals surface area contributed by atoms with Crippen molar-refractivity contribution in [1.29, 1.82) is 0 Å². The number of hydrogen-bond donors (Lipinski definition) is 2. The first-order valence-electron chi connectivity index (χ1n) is 5.55. The van der Waals surface area contributed by atoms with E-state index in [0.717, 1.165) is 17.7 Å². The number of urea groups is 1. The first kappa shape index (κ1) is 11.4. The van der Waals surface area contributed by atoms with E-state index in [2.05, 4.69) is 5.32 Å². The van der Waals surface area contributed by atoms with Gasteiger partial charge in [0.1, 0.15) is 6.04 Å². The topological polar surface area (TPSA) is 75.4 Å². The second kappa shape index (κ2) is 4.45. The molecule has 17 heavy (non-hydrogen) atoms. The molecule has 1 aromatic carbocycles. The Morgan fingerprint density at radius 3 is 2.82 bits per heavy atom. The second-order valence-electron chi connectivity index (χ2n) is 4.10. The number of nitrogens with two attached hydrogens (primary N) is 1. The van der Waals surface area contributed by atoms with Gasteiger partial charge >= 0.3 is 6.03 Å². The molecule has 1 aliphatic heterocycles. The predicted molar refractivity (Wildman–Crippen MR) is 64.7 cm³/mol. The number of carbonyl (C=O) groups excluding carboxylic acids is 2. The van der Waals surface area contributed by atoms with Crippen molar-refractivity contribution in [1.82, 2.24) is 5.32 Å². The highest BCUT2D eigenvalue weighted by atomic mass is 16.2. The third kappa shape index (κ3) is 2.22. The Morgan fingerprint density at radius 1 is 1.41 bits per heavy atom. The number of hydrogen-bond acceptors (Lipinski definition) is 2. The van der Waals surface area contributed by atoms with Crippen molar-refractivity contribution >= 4 is 17.6 Å². The fraction of sp³-hybridized carbons (Fsp3) is 0.333. The maximum Gasteiger partial charge on any atom is 0.312 e. The largest absolute Gasteiger partial charge is 0.352 e. The highest BCUT2D eigenvalue weighted by Crippen LogP contribution is 2.27. The van der Waals surface area contributed by atoms with Crippen LogP contribution in [0, 0.1) is 0 Å². The van der Waals surface area contributed by atoms with Crippen LogP contribution in [-0.2, 0) is 11.2 Å². The molecule has 5 nitrogen and oxygen atoms in total. The van der Waals surface area contributed by atoms with Crippen LogP contribution >= 0.6 is 0 Å². The number of nitrogens with zero attached hydrogens (tertiary/aromatic N) is 1. The Hall–Kier alpha value is -2.04. The summed E-state index contributed by atoms with van der Waals surface area (Å²) in [6.07, 6.45) is 0.852. The minimum absolute atomic E-state index is 0.131. The number of nitrogens with one attached hydrogen (secondary N) is 1. The van der Waals surface area contributed by atoms with Crippen LogP contribution in [0.4, 0.5) is 10.5 Å². The van der Waals surface area contributed by atoms with Crippen molar-refractivity contribution in [2.75, 3.05) is 11.4 Å². The van der Waals surface area contributed by atoms with Gasteiger partial charge in [-0.2, -0.15) is 0 Å². The van der Waals surface area contributed by atoms with Gasteiger partial charge in [-0.15, -0.1) is 0 Å². The summed E-state index contributed by atoms with van der Waals surface area (Å²) in [5, 5.41) is 2.40. The lowest BCUT2D eigenvalue weighted by Gasteiger charge is -2.21. The highest BCUT2D eigenvalue weighted by molar-refractivity contribution is 6.00. The molecule has 1 heterocycles. The SMILES string of the molecule is CC(NC(N)=O)C(=O)N1CCc2ccccc21. The average Bonchev–Trinajstić information content (AvgIpc) is 2.70. The smallest absolute Gasteiger partial charge is 0.312 e. The molecule has 0 saturated heterocycles. The maximum absolute atomic E-state index is 12.1. The van der Waals surface area contributed by atoms with Crippen molar-refractivity contribution in [3.8, 4) is 0 Å². The lowest BCUT2D eigenvalue weighted by molar-refractivity contribution is -0.119. The van der Waals surface area contributed by atoms with Crippen LogP contribution in [0.5, 0.6) is 0 Å². The van der Waals surface area contributed by atoms with E-state index in [1.54, 1.807) is 11.8 Å². The lowest BCUT2D eigenvalue weighted by atomic mass is 10.2. The first-order chi connectivity index (χ1) is 8.09. The third-order valence-electron chi connectivity index (χ3n) is 2.88. The summed E-state index contributed by atoms with van der Waals surface area (Å²) in [4.78, 5) is 24.5. The summed E-state index contributed by atoms with van der Waals surface area (Å²) in [6.45, 7) is 2.29. The van der Waals surface area contributed by atoms with Crippen LogP contribution < -0.4 is 16.0 Å². The van der Waals surface area contributed by atoms with Gasteiger partial charge in [0.15, 0.2) is 0 Å². The molecule has 0 spiro atoms. The van der Waals surface area contributed by atoms with Gasteiger partial charge < -0.3 is 16.0 Å². The van der Waals surface area contributed by atoms with E-state index in [0.29, 0.717) is 6.54 Å². The van der Waals surface area contributed by atoms with E-state index >= 15 is 0 Å². The number of rotatable bonds is 2. The van der Waals surface area contributed by atoms with E-state index in [1.165, 1.54) is 0 Å². The second-order valence-corrected chi connectivity index (χ2v) is 4.10. The van der Waals surface area contributed by atoms with Crippen molar-refractivity contribution in [3.63, 3.8) is 0 Å². The molecular formula is C12H15N3O2. The van der Waals surface area contributed by atoms with Gasteiger partial charge in [0, 0.05) is 12.2 Å². The fourth-order valence-electron chi connectivity index (χ4n) is 2.08. The van der Waals surface area contributed by atoms with Crippen molar-refractivity contribution in [2.24, 2.45) is 5.73 Å². The summed E-state index contributed by atoms with van der Waals surface area (Å²) in [5.74, 6) is -0.131. The molecule has 0 aliphatic carbocycles. The average molecular weight is 233 g/mol. The van der Waals surface area contributed by atoms with Gasteiger partial charge in [-0.25, -0.2) is 4.79 Å². The molecule has 0 bridgehead atoms. The standard InChI is InChI=1S/C12H15N3O2/c1-8(14-12(13)17)11(16)15-7-6-9-4-2-3-5-10(9)15/h2-5,8H,6-7H2,1H3,(H3,13,14,17). The highest BCUT2D eigenvalue weighted by Gasteiger charge is 2.27. The summed E-state index contributed by atoms with van der Waals surface area (Å²) >= 11 is 0. The van der Waals surface area contributed by atoms with E-state index in [1.807, 2.05) is 24.3 Å². The zero-order valence-corrected chi connectivity index (χ0v) is 9.64. The summed E-state index contributed by atoms with van der Waals surface area (Å²) in [7, 11) is 0. The molecule has 0 saturated carbocycles. The van der Waals surface area contributed by atoms with Crippen molar-refractivity contribution in [2.45, 2.75) is 19.4 Å². The normalized spacial score (nSPS) is 15.2. The number of para-hydroxylation sites is 1. The van der Waals surface area contributed by atoms with Crippen LogP contribution in [0.1, 0.15) is 12.5 Å². The zero-order chi connectivity index (χ0) is 12.4. The Kier molecular flexibility index (Phi) is 2.99. The maximum atomic E-state index is 12.1. The van der Waals surface area contributed by atoms with Crippen molar-refractivity contribution in [3.05, 3.63) is 29.8 Å². The number of primary amides is 1. The van der Waals surface area contributed by atoms with Gasteiger partial charge in [-0.3, -0.25) is 4.79 Å². The van der Waals surface area contributed by atoms with Crippen LogP contribution in [0.25, 0.3) is 0 Å². The van der Waals surface area contributed by atoms with Gasteiger partial charge in [0.05, 0.1) is 0 Å². The van der Waals surface area contributed by atoms with Gasteiger partial charge in [-0.05, 0) is 25.0 Å². The molecular weight excluding hydrogens is 218 g/mol. The van der Waals surface area contributed by atoms with Crippen LogP contribution in [-0.4, -0.2) is 24.5 Å². The van der Waals surface area contributed by atoms with Gasteiger partial charge in [0.2, 0.25) is 5.91 Å². The molecule has 1 aliphatic rings. The van der Waals surface area contributed by atoms with E-state index < -0.39 is 12.1 Å². The molecule has 0 radical (unpaired) electrons. The summed E-state index contributed by atoms with van der Waals surface area (Å²) in [6, 6.07) is 6.50. The Morgan fingerprint density at radius 2 is 2.12 bits per heavy atom. The Balaban J connectivity index is 2.15. The molecule has 3 amide bonds. The number of carbonyl (C=O) groups is 2. The molecule has 0 aromatic heterocycles. The first-order valence-corrected chi connectivity index (χ1v) is 5.55. The van der Waals surface area contributed by atoms with Crippen LogP contribution in [0.15, 0.2) is 24.3 Å². The van der Waals surface area contributed by atoms with E-state index in [-0.39, 0.29) is 5.91 Å². The minimum Gasteiger partial charge on any atom is -0.352 e. The Labute approximate surface area is 99.6 Å². The minimum atomic E-state index is -0.682. The monoisotopic (exact) mass is 233 g/mol. The molecule has 5 heteroatoms.